The Labute approximate surface area is 87.5 Å². The average Bonchev–Trinajstić information content (AvgIpc) is 2.27. The molecular weight excluding hydrogens is 170 g/mol. The average molecular weight is 191 g/mol. The molecule has 1 heteroatoms. The van der Waals surface area contributed by atoms with Gasteiger partial charge in [0.1, 0.15) is 0 Å². The van der Waals surface area contributed by atoms with Crippen molar-refractivity contribution in [3.05, 3.63) is 35.9 Å². The van der Waals surface area contributed by atoms with Crippen molar-refractivity contribution in [1.82, 2.24) is 5.32 Å². The van der Waals surface area contributed by atoms with E-state index in [4.69, 9.17) is 0 Å². The van der Waals surface area contributed by atoms with E-state index in [2.05, 4.69) is 49.5 Å². The van der Waals surface area contributed by atoms with Gasteiger partial charge in [-0.15, -0.1) is 0 Å². The molecular formula is C13H21N. The molecule has 0 aliphatic heterocycles. The quantitative estimate of drug-likeness (QED) is 0.754. The van der Waals surface area contributed by atoms with Crippen molar-refractivity contribution in [2.45, 2.75) is 32.1 Å². The van der Waals surface area contributed by atoms with E-state index in [9.17, 15) is 0 Å². The smallest absolute Gasteiger partial charge is 0.00724 e. The van der Waals surface area contributed by atoms with Gasteiger partial charge in [-0.3, -0.25) is 0 Å². The fraction of sp³-hybridized carbons (Fsp3) is 0.538. The summed E-state index contributed by atoms with van der Waals surface area (Å²) in [5.74, 6) is 0. The maximum atomic E-state index is 3.31. The van der Waals surface area contributed by atoms with Crippen molar-refractivity contribution in [3.63, 3.8) is 0 Å². The monoisotopic (exact) mass is 191 g/mol. The summed E-state index contributed by atoms with van der Waals surface area (Å²) in [5.41, 5.74) is 1.77. The van der Waals surface area contributed by atoms with Crippen molar-refractivity contribution in [3.8, 4) is 0 Å². The minimum absolute atomic E-state index is 0.315. The minimum atomic E-state index is 0.315. The summed E-state index contributed by atoms with van der Waals surface area (Å²) in [7, 11) is 2.03. The molecule has 0 unspecified atom stereocenters. The van der Waals surface area contributed by atoms with E-state index in [1.807, 2.05) is 7.05 Å². The Bertz CT molecular complexity index is 249. The van der Waals surface area contributed by atoms with E-state index in [-0.39, 0.29) is 0 Å². The molecule has 0 spiro atoms. The molecule has 14 heavy (non-hydrogen) atoms. The molecule has 0 aliphatic rings. The van der Waals surface area contributed by atoms with Crippen LogP contribution >= 0.6 is 0 Å². The predicted molar refractivity (Wildman–Crippen MR) is 62.6 cm³/mol. The van der Waals surface area contributed by atoms with Gasteiger partial charge in [-0.2, -0.15) is 0 Å². The van der Waals surface area contributed by atoms with E-state index in [0.717, 1.165) is 6.54 Å². The molecule has 1 rings (SSSR count). The van der Waals surface area contributed by atoms with E-state index >= 15 is 0 Å². The Morgan fingerprint density at radius 3 is 2.07 bits per heavy atom. The number of benzene rings is 1. The van der Waals surface area contributed by atoms with E-state index < -0.39 is 0 Å². The zero-order chi connectivity index (χ0) is 10.4. The van der Waals surface area contributed by atoms with Gasteiger partial charge in [-0.1, -0.05) is 44.2 Å². The fourth-order valence-corrected chi connectivity index (χ4v) is 2.14. The van der Waals surface area contributed by atoms with Gasteiger partial charge in [0.25, 0.3) is 0 Å². The maximum absolute atomic E-state index is 3.31. The van der Waals surface area contributed by atoms with Crippen molar-refractivity contribution in [2.24, 2.45) is 0 Å². The van der Waals surface area contributed by atoms with Crippen molar-refractivity contribution >= 4 is 0 Å². The maximum Gasteiger partial charge on any atom is 0.00724 e. The van der Waals surface area contributed by atoms with Crippen LogP contribution in [0.15, 0.2) is 30.3 Å². The summed E-state index contributed by atoms with van der Waals surface area (Å²) >= 11 is 0. The second-order valence-corrected chi connectivity index (χ2v) is 3.88. The van der Waals surface area contributed by atoms with Crippen LogP contribution in [0.3, 0.4) is 0 Å². The van der Waals surface area contributed by atoms with Crippen molar-refractivity contribution < 1.29 is 0 Å². The van der Waals surface area contributed by atoms with Crippen molar-refractivity contribution in [2.75, 3.05) is 13.6 Å². The zero-order valence-electron chi connectivity index (χ0n) is 9.51. The van der Waals surface area contributed by atoms with E-state index in [0.29, 0.717) is 5.41 Å². The summed E-state index contributed by atoms with van der Waals surface area (Å²) in [6.07, 6.45) is 2.38. The van der Waals surface area contributed by atoms with E-state index in [1.54, 1.807) is 0 Å². The third-order valence-corrected chi connectivity index (χ3v) is 3.25. The molecule has 0 aromatic heterocycles. The number of nitrogens with one attached hydrogen (secondary N) is 1. The fourth-order valence-electron chi connectivity index (χ4n) is 2.14. The molecule has 0 saturated heterocycles. The lowest BCUT2D eigenvalue weighted by Gasteiger charge is -2.32. The van der Waals surface area contributed by atoms with Gasteiger partial charge >= 0.3 is 0 Å². The van der Waals surface area contributed by atoms with Gasteiger partial charge in [-0.25, -0.2) is 0 Å². The van der Waals surface area contributed by atoms with E-state index in [1.165, 1.54) is 18.4 Å². The van der Waals surface area contributed by atoms with Gasteiger partial charge in [0.2, 0.25) is 0 Å². The first kappa shape index (κ1) is 11.3. The van der Waals surface area contributed by atoms with Gasteiger partial charge in [0, 0.05) is 12.0 Å². The van der Waals surface area contributed by atoms with Gasteiger partial charge in [0.05, 0.1) is 0 Å². The van der Waals surface area contributed by atoms with Crippen LogP contribution in [0.2, 0.25) is 0 Å². The van der Waals surface area contributed by atoms with Crippen LogP contribution in [-0.2, 0) is 5.41 Å². The molecule has 0 atom stereocenters. The highest BCUT2D eigenvalue weighted by Gasteiger charge is 2.26. The highest BCUT2D eigenvalue weighted by Crippen LogP contribution is 2.30. The zero-order valence-corrected chi connectivity index (χ0v) is 9.51. The largest absolute Gasteiger partial charge is 0.319 e. The molecule has 0 aliphatic carbocycles. The van der Waals surface area contributed by atoms with Crippen LogP contribution in [0.1, 0.15) is 32.3 Å². The number of likely N-dealkylation sites (N-methyl/N-ethyl adjacent to an activating group) is 1. The molecule has 1 aromatic rings. The molecule has 0 amide bonds. The van der Waals surface area contributed by atoms with Gasteiger partial charge < -0.3 is 5.32 Å². The van der Waals surface area contributed by atoms with Crippen LogP contribution in [0.25, 0.3) is 0 Å². The normalized spacial score (nSPS) is 11.6. The van der Waals surface area contributed by atoms with Crippen molar-refractivity contribution in [1.29, 1.82) is 0 Å². The van der Waals surface area contributed by atoms with Gasteiger partial charge in [0.15, 0.2) is 0 Å². The first-order valence-corrected chi connectivity index (χ1v) is 5.49. The highest BCUT2D eigenvalue weighted by atomic mass is 14.8. The molecule has 0 bridgehead atoms. The van der Waals surface area contributed by atoms with Gasteiger partial charge in [-0.05, 0) is 25.5 Å². The summed E-state index contributed by atoms with van der Waals surface area (Å²) in [6, 6.07) is 10.8. The Morgan fingerprint density at radius 2 is 1.64 bits per heavy atom. The second-order valence-electron chi connectivity index (χ2n) is 3.88. The molecule has 1 nitrogen and oxygen atoms in total. The SMILES string of the molecule is CCC(CC)(CNC)c1ccccc1. The molecule has 0 radical (unpaired) electrons. The lowest BCUT2D eigenvalue weighted by molar-refractivity contribution is 0.380. The molecule has 1 N–H and O–H groups in total. The first-order chi connectivity index (χ1) is 6.79. The lowest BCUT2D eigenvalue weighted by Crippen LogP contribution is -2.35. The van der Waals surface area contributed by atoms with Crippen LogP contribution in [0, 0.1) is 0 Å². The Morgan fingerprint density at radius 1 is 1.07 bits per heavy atom. The molecule has 0 saturated carbocycles. The molecule has 0 fully saturated rings. The first-order valence-electron chi connectivity index (χ1n) is 5.49. The van der Waals surface area contributed by atoms with Crippen LogP contribution in [0.4, 0.5) is 0 Å². The predicted octanol–water partition coefficient (Wildman–Crippen LogP) is 2.96. The topological polar surface area (TPSA) is 12.0 Å². The summed E-state index contributed by atoms with van der Waals surface area (Å²) in [5, 5.41) is 3.31. The van der Waals surface area contributed by atoms with Crippen LogP contribution < -0.4 is 5.32 Å². The van der Waals surface area contributed by atoms with Crippen LogP contribution in [0.5, 0.6) is 0 Å². The number of hydrogen-bond donors (Lipinski definition) is 1. The van der Waals surface area contributed by atoms with Crippen LogP contribution in [-0.4, -0.2) is 13.6 Å². The standard InChI is InChI=1S/C13H21N/c1-4-13(5-2,11-14-3)12-9-7-6-8-10-12/h6-10,14H,4-5,11H2,1-3H3. The highest BCUT2D eigenvalue weighted by molar-refractivity contribution is 5.25. The number of hydrogen-bond acceptors (Lipinski definition) is 1. The Hall–Kier alpha value is -0.820. The molecule has 78 valence electrons. The third kappa shape index (κ3) is 2.16. The third-order valence-electron chi connectivity index (χ3n) is 3.25. The summed E-state index contributed by atoms with van der Waals surface area (Å²) in [6.45, 7) is 5.60. The molecule has 1 aromatic carbocycles. The minimum Gasteiger partial charge on any atom is -0.319 e. The lowest BCUT2D eigenvalue weighted by atomic mass is 9.76. The summed E-state index contributed by atoms with van der Waals surface area (Å²) < 4.78 is 0. The Balaban J connectivity index is 2.98. The Kier molecular flexibility index (Phi) is 4.15. The summed E-state index contributed by atoms with van der Waals surface area (Å²) in [4.78, 5) is 0. The number of rotatable bonds is 5. The second kappa shape index (κ2) is 5.16. The molecule has 0 heterocycles.